The number of carbonyl (C=O) groups excluding carboxylic acids is 2. The van der Waals surface area contributed by atoms with E-state index in [0.717, 1.165) is 10.5 Å². The minimum atomic E-state index is -4.20. The first-order chi connectivity index (χ1) is 15.8. The Kier molecular flexibility index (Phi) is 7.92. The van der Waals surface area contributed by atoms with Gasteiger partial charge in [0, 0.05) is 32.0 Å². The Morgan fingerprint density at radius 3 is 2.64 bits per heavy atom. The molecule has 0 saturated carbocycles. The van der Waals surface area contributed by atoms with Crippen molar-refractivity contribution in [2.75, 3.05) is 40.0 Å². The van der Waals surface area contributed by atoms with Crippen molar-refractivity contribution >= 4 is 22.1 Å². The van der Waals surface area contributed by atoms with Crippen molar-refractivity contribution in [3.8, 4) is 11.3 Å². The van der Waals surface area contributed by atoms with E-state index in [4.69, 9.17) is 15.4 Å². The van der Waals surface area contributed by atoms with E-state index >= 15 is 0 Å². The lowest BCUT2D eigenvalue weighted by molar-refractivity contribution is -0.150. The number of benzene rings is 1. The van der Waals surface area contributed by atoms with Crippen molar-refractivity contribution in [1.29, 1.82) is 0 Å². The summed E-state index contributed by atoms with van der Waals surface area (Å²) in [6, 6.07) is 7.06. The molecule has 13 heteroatoms. The number of piperazine rings is 1. The van der Waals surface area contributed by atoms with Gasteiger partial charge in [-0.15, -0.1) is 0 Å². The number of halogens is 1. The molecule has 1 aliphatic rings. The number of methoxy groups -OCH3 is 1. The van der Waals surface area contributed by atoms with Crippen molar-refractivity contribution in [3.63, 3.8) is 0 Å². The molecule has 1 aliphatic heterocycles. The summed E-state index contributed by atoms with van der Waals surface area (Å²) in [6.45, 7) is -0.340. The quantitative estimate of drug-likeness (QED) is 0.447. The molecule has 0 bridgehead atoms. The maximum atomic E-state index is 13.5. The van der Waals surface area contributed by atoms with Crippen molar-refractivity contribution in [2.45, 2.75) is 10.9 Å². The number of carbonyl (C=O) groups is 2. The summed E-state index contributed by atoms with van der Waals surface area (Å²) in [5, 5.41) is 0. The highest BCUT2D eigenvalue weighted by molar-refractivity contribution is 7.89. The zero-order chi connectivity index (χ0) is 24.0. The van der Waals surface area contributed by atoms with Crippen molar-refractivity contribution in [1.82, 2.24) is 14.2 Å². The van der Waals surface area contributed by atoms with Crippen LogP contribution in [0.2, 0.25) is 0 Å². The van der Waals surface area contributed by atoms with Gasteiger partial charge in [0.25, 0.3) is 0 Å². The summed E-state index contributed by atoms with van der Waals surface area (Å²) >= 11 is 0. The van der Waals surface area contributed by atoms with Crippen LogP contribution in [0.3, 0.4) is 0 Å². The fourth-order valence-corrected chi connectivity index (χ4v) is 4.79. The van der Waals surface area contributed by atoms with Gasteiger partial charge in [0.15, 0.2) is 0 Å². The average molecular weight is 482 g/mol. The summed E-state index contributed by atoms with van der Waals surface area (Å²) in [4.78, 5) is 33.9. The fraction of sp³-hybridized carbons (Fsp3) is 0.350. The van der Waals surface area contributed by atoms with Crippen LogP contribution < -0.4 is 5.90 Å². The standard InChI is InChI=1S/C20H23FN4O7S/c1-30-9-10-31-20(27)24-7-8-25(18(13-24)19(26)32-22)33(28,29)16-5-6-17(23-12-16)14-3-2-4-15(21)11-14/h2-6,11-12,18H,7-10,13,22H2,1H3/t18-/m1/s1. The number of nitrogens with two attached hydrogens (primary N) is 1. The van der Waals surface area contributed by atoms with E-state index in [2.05, 4.69) is 9.82 Å². The molecule has 2 N–H and O–H groups in total. The van der Waals surface area contributed by atoms with Gasteiger partial charge in [-0.2, -0.15) is 10.2 Å². The summed E-state index contributed by atoms with van der Waals surface area (Å²) in [5.41, 5.74) is 0.846. The van der Waals surface area contributed by atoms with Gasteiger partial charge in [0.2, 0.25) is 10.0 Å². The summed E-state index contributed by atoms with van der Waals surface area (Å²) in [7, 11) is -2.75. The van der Waals surface area contributed by atoms with Gasteiger partial charge < -0.3 is 19.2 Å². The van der Waals surface area contributed by atoms with Crippen LogP contribution in [-0.2, 0) is 29.1 Å². The van der Waals surface area contributed by atoms with Gasteiger partial charge >= 0.3 is 12.1 Å². The van der Waals surface area contributed by atoms with Crippen LogP contribution in [0.5, 0.6) is 0 Å². The van der Waals surface area contributed by atoms with Gasteiger partial charge in [0.1, 0.15) is 23.4 Å². The lowest BCUT2D eigenvalue weighted by Gasteiger charge is -2.38. The highest BCUT2D eigenvalue weighted by Gasteiger charge is 2.42. The number of rotatable bonds is 7. The third-order valence-electron chi connectivity index (χ3n) is 4.95. The predicted octanol–water partition coefficient (Wildman–Crippen LogP) is 0.763. The molecule has 1 saturated heterocycles. The minimum Gasteiger partial charge on any atom is -0.447 e. The Labute approximate surface area is 189 Å². The van der Waals surface area contributed by atoms with E-state index in [1.54, 1.807) is 6.07 Å². The molecule has 1 amide bonds. The number of hydrogen-bond acceptors (Lipinski definition) is 9. The zero-order valence-electron chi connectivity index (χ0n) is 17.7. The topological polar surface area (TPSA) is 141 Å². The minimum absolute atomic E-state index is 0.00315. The molecule has 0 unspecified atom stereocenters. The normalized spacial score (nSPS) is 16.9. The zero-order valence-corrected chi connectivity index (χ0v) is 18.5. The van der Waals surface area contributed by atoms with Crippen LogP contribution in [0, 0.1) is 5.82 Å². The molecular formula is C20H23FN4O7S. The Hall–Kier alpha value is -3.13. The first-order valence-electron chi connectivity index (χ1n) is 9.83. The second-order valence-electron chi connectivity index (χ2n) is 7.01. The number of hydrogen-bond donors (Lipinski definition) is 1. The Morgan fingerprint density at radius 1 is 1.21 bits per heavy atom. The molecule has 0 radical (unpaired) electrons. The number of nitrogens with zero attached hydrogens (tertiary/aromatic N) is 3. The number of aromatic nitrogens is 1. The average Bonchev–Trinajstić information content (AvgIpc) is 2.83. The largest absolute Gasteiger partial charge is 0.447 e. The molecule has 0 spiro atoms. The second-order valence-corrected chi connectivity index (χ2v) is 8.90. The molecule has 2 heterocycles. The van der Waals surface area contributed by atoms with Gasteiger partial charge in [0.05, 0.1) is 18.8 Å². The summed E-state index contributed by atoms with van der Waals surface area (Å²) in [5.74, 6) is 3.52. The highest BCUT2D eigenvalue weighted by Crippen LogP contribution is 2.24. The van der Waals surface area contributed by atoms with E-state index in [0.29, 0.717) is 11.3 Å². The SMILES string of the molecule is COCCOC(=O)N1CCN(S(=O)(=O)c2ccc(-c3cccc(F)c3)nc2)[C@@H](C(=O)ON)C1. The molecule has 178 valence electrons. The molecule has 1 atom stereocenters. The van der Waals surface area contributed by atoms with E-state index in [-0.39, 0.29) is 37.7 Å². The highest BCUT2D eigenvalue weighted by atomic mass is 32.2. The van der Waals surface area contributed by atoms with Crippen molar-refractivity contribution in [2.24, 2.45) is 5.90 Å². The van der Waals surface area contributed by atoms with E-state index < -0.39 is 33.9 Å². The molecule has 0 aliphatic carbocycles. The van der Waals surface area contributed by atoms with Gasteiger partial charge in [-0.05, 0) is 24.3 Å². The number of sulfonamides is 1. The van der Waals surface area contributed by atoms with Crippen molar-refractivity contribution < 1.29 is 36.7 Å². The van der Waals surface area contributed by atoms with E-state index in [9.17, 15) is 22.4 Å². The van der Waals surface area contributed by atoms with Crippen LogP contribution in [0.1, 0.15) is 0 Å². The summed E-state index contributed by atoms with van der Waals surface area (Å²) in [6.07, 6.45) is 0.395. The van der Waals surface area contributed by atoms with Crippen LogP contribution in [-0.4, -0.2) is 80.7 Å². The second kappa shape index (κ2) is 10.7. The third-order valence-corrected chi connectivity index (χ3v) is 6.85. The first kappa shape index (κ1) is 24.5. The molecule has 33 heavy (non-hydrogen) atoms. The maximum absolute atomic E-state index is 13.5. The van der Waals surface area contributed by atoms with Crippen LogP contribution in [0.4, 0.5) is 9.18 Å². The molecular weight excluding hydrogens is 459 g/mol. The first-order valence-corrected chi connectivity index (χ1v) is 11.3. The molecule has 11 nitrogen and oxygen atoms in total. The van der Waals surface area contributed by atoms with Gasteiger partial charge in [-0.3, -0.25) is 4.98 Å². The number of ether oxygens (including phenoxy) is 2. The van der Waals surface area contributed by atoms with Crippen LogP contribution >= 0.6 is 0 Å². The lowest BCUT2D eigenvalue weighted by atomic mass is 10.1. The van der Waals surface area contributed by atoms with Gasteiger partial charge in [-0.1, -0.05) is 12.1 Å². The molecule has 1 fully saturated rings. The molecule has 1 aromatic heterocycles. The Bertz CT molecular complexity index is 1100. The Balaban J connectivity index is 1.81. The third kappa shape index (κ3) is 5.63. The number of amides is 1. The van der Waals surface area contributed by atoms with Crippen LogP contribution in [0.15, 0.2) is 47.5 Å². The molecule has 3 rings (SSSR count). The smallest absolute Gasteiger partial charge is 0.409 e. The van der Waals surface area contributed by atoms with Crippen LogP contribution in [0.25, 0.3) is 11.3 Å². The predicted molar refractivity (Wildman–Crippen MR) is 112 cm³/mol. The maximum Gasteiger partial charge on any atom is 0.409 e. The lowest BCUT2D eigenvalue weighted by Crippen LogP contribution is -2.60. The fourth-order valence-electron chi connectivity index (χ4n) is 3.28. The van der Waals surface area contributed by atoms with Gasteiger partial charge in [-0.25, -0.2) is 22.4 Å². The van der Waals surface area contributed by atoms with E-state index in [1.807, 2.05) is 0 Å². The number of pyridine rings is 1. The summed E-state index contributed by atoms with van der Waals surface area (Å²) < 4.78 is 50.7. The monoisotopic (exact) mass is 482 g/mol. The Morgan fingerprint density at radius 2 is 2.00 bits per heavy atom. The molecule has 1 aromatic carbocycles. The van der Waals surface area contributed by atoms with Crippen molar-refractivity contribution in [3.05, 3.63) is 48.4 Å². The molecule has 2 aromatic rings. The van der Waals surface area contributed by atoms with E-state index in [1.165, 1.54) is 42.3 Å².